The summed E-state index contributed by atoms with van der Waals surface area (Å²) in [5, 5.41) is 0. The van der Waals surface area contributed by atoms with Crippen LogP contribution >= 0.6 is 0 Å². The highest BCUT2D eigenvalue weighted by Crippen LogP contribution is 2.28. The van der Waals surface area contributed by atoms with Gasteiger partial charge in [0.2, 0.25) is 0 Å². The minimum atomic E-state index is 0.307. The molecule has 0 aliphatic carbocycles. The van der Waals surface area contributed by atoms with Gasteiger partial charge in [-0.1, -0.05) is 18.7 Å². The predicted molar refractivity (Wildman–Crippen MR) is 38.3 cm³/mol. The molecule has 0 amide bonds. The summed E-state index contributed by atoms with van der Waals surface area (Å²) in [4.78, 5) is 0. The Morgan fingerprint density at radius 3 is 2.67 bits per heavy atom. The van der Waals surface area contributed by atoms with Gasteiger partial charge < -0.3 is 4.74 Å². The van der Waals surface area contributed by atoms with Gasteiger partial charge in [0.05, 0.1) is 0 Å². The normalized spacial score (nSPS) is 33.1. The van der Waals surface area contributed by atoms with Crippen LogP contribution in [0.15, 0.2) is 24.3 Å². The van der Waals surface area contributed by atoms with E-state index in [9.17, 15) is 0 Å². The molecule has 0 N–H and O–H groups in total. The van der Waals surface area contributed by atoms with Crippen LogP contribution in [0.3, 0.4) is 0 Å². The molecule has 0 aromatic rings. The Morgan fingerprint density at radius 2 is 2.33 bits per heavy atom. The maximum Gasteiger partial charge on any atom is 0.109 e. The van der Waals surface area contributed by atoms with Crippen molar-refractivity contribution in [3.63, 3.8) is 0 Å². The average molecular weight is 124 g/mol. The minimum Gasteiger partial charge on any atom is -0.360 e. The topological polar surface area (TPSA) is 12.5 Å². The molecular formula is C8H12O. The summed E-state index contributed by atoms with van der Waals surface area (Å²) in [6.07, 6.45) is 4.70. The van der Waals surface area contributed by atoms with Gasteiger partial charge in [0.25, 0.3) is 0 Å². The van der Waals surface area contributed by atoms with Gasteiger partial charge in [0, 0.05) is 0 Å². The molecule has 0 aromatic carbocycles. The second kappa shape index (κ2) is 2.36. The number of ether oxygens (including phenoxy) is 1. The van der Waals surface area contributed by atoms with E-state index in [1.54, 1.807) is 0 Å². The van der Waals surface area contributed by atoms with Crippen LogP contribution in [0.1, 0.15) is 13.8 Å². The molecule has 1 fully saturated rings. The fourth-order valence-corrected chi connectivity index (χ4v) is 0.856. The largest absolute Gasteiger partial charge is 0.360 e. The Kier molecular flexibility index (Phi) is 1.72. The molecule has 50 valence electrons. The van der Waals surface area contributed by atoms with Gasteiger partial charge in [-0.3, -0.25) is 0 Å². The van der Waals surface area contributed by atoms with E-state index >= 15 is 0 Å². The fraction of sp³-hybridized carbons (Fsp3) is 0.500. The second-order valence-electron chi connectivity index (χ2n) is 2.39. The first-order valence-electron chi connectivity index (χ1n) is 3.19. The molecule has 0 aromatic heterocycles. The number of epoxide rings is 1. The molecule has 0 unspecified atom stereocenters. The van der Waals surface area contributed by atoms with Crippen LogP contribution in [-0.4, -0.2) is 12.2 Å². The standard InChI is InChI=1S/C8H12O/c1-4-5-7-8(9-7)6(2)3/h4-5,7-8H,2H2,1,3H3/b5-4+/t7-,8-/m0/s1. The Labute approximate surface area is 56.0 Å². The van der Waals surface area contributed by atoms with Crippen molar-refractivity contribution in [2.45, 2.75) is 26.1 Å². The van der Waals surface area contributed by atoms with Gasteiger partial charge >= 0.3 is 0 Å². The Bertz CT molecular complexity index is 147. The van der Waals surface area contributed by atoms with Crippen LogP contribution in [0.4, 0.5) is 0 Å². The molecule has 0 radical (unpaired) electrons. The van der Waals surface area contributed by atoms with E-state index in [1.165, 1.54) is 0 Å². The van der Waals surface area contributed by atoms with Gasteiger partial charge in [-0.25, -0.2) is 0 Å². The molecule has 0 bridgehead atoms. The lowest BCUT2D eigenvalue weighted by molar-refractivity contribution is 0.407. The van der Waals surface area contributed by atoms with Gasteiger partial charge in [0.15, 0.2) is 0 Å². The monoisotopic (exact) mass is 124 g/mol. The van der Waals surface area contributed by atoms with Crippen molar-refractivity contribution >= 4 is 0 Å². The zero-order valence-corrected chi connectivity index (χ0v) is 5.92. The summed E-state index contributed by atoms with van der Waals surface area (Å²) in [5.74, 6) is 0. The quantitative estimate of drug-likeness (QED) is 0.404. The molecule has 1 aliphatic heterocycles. The maximum atomic E-state index is 5.23. The summed E-state index contributed by atoms with van der Waals surface area (Å²) >= 11 is 0. The first-order chi connectivity index (χ1) is 4.25. The Balaban J connectivity index is 2.33. The van der Waals surface area contributed by atoms with Crippen LogP contribution in [0.5, 0.6) is 0 Å². The molecule has 1 nitrogen and oxygen atoms in total. The fourth-order valence-electron chi connectivity index (χ4n) is 0.856. The van der Waals surface area contributed by atoms with E-state index in [-0.39, 0.29) is 0 Å². The summed E-state index contributed by atoms with van der Waals surface area (Å²) in [6.45, 7) is 7.78. The van der Waals surface area contributed by atoms with Crippen LogP contribution < -0.4 is 0 Å². The van der Waals surface area contributed by atoms with Gasteiger partial charge in [-0.2, -0.15) is 0 Å². The molecule has 9 heavy (non-hydrogen) atoms. The van der Waals surface area contributed by atoms with E-state index in [0.717, 1.165) is 5.57 Å². The SMILES string of the molecule is C=C(C)[C@@H]1O[C@H]1/C=C/C. The number of rotatable bonds is 2. The maximum absolute atomic E-state index is 5.23. The first kappa shape index (κ1) is 6.56. The van der Waals surface area contributed by atoms with Crippen LogP contribution in [-0.2, 0) is 4.74 Å². The number of hydrogen-bond donors (Lipinski definition) is 0. The predicted octanol–water partition coefficient (Wildman–Crippen LogP) is 1.91. The van der Waals surface area contributed by atoms with Crippen molar-refractivity contribution in [1.82, 2.24) is 0 Å². The third-order valence-corrected chi connectivity index (χ3v) is 1.39. The molecule has 1 rings (SSSR count). The molecule has 1 heterocycles. The van der Waals surface area contributed by atoms with Gasteiger partial charge in [0.1, 0.15) is 12.2 Å². The molecule has 0 spiro atoms. The molecular weight excluding hydrogens is 112 g/mol. The summed E-state index contributed by atoms with van der Waals surface area (Å²) in [7, 11) is 0. The number of allylic oxidation sites excluding steroid dienone is 1. The van der Waals surface area contributed by atoms with E-state index in [0.29, 0.717) is 12.2 Å². The summed E-state index contributed by atoms with van der Waals surface area (Å²) in [6, 6.07) is 0. The minimum absolute atomic E-state index is 0.307. The second-order valence-corrected chi connectivity index (χ2v) is 2.39. The van der Waals surface area contributed by atoms with Gasteiger partial charge in [-0.05, 0) is 19.4 Å². The molecule has 0 saturated carbocycles. The zero-order chi connectivity index (χ0) is 6.85. The Hall–Kier alpha value is -0.560. The molecule has 1 saturated heterocycles. The lowest BCUT2D eigenvalue weighted by Gasteiger charge is -1.83. The molecule has 2 atom stereocenters. The van der Waals surface area contributed by atoms with Gasteiger partial charge in [-0.15, -0.1) is 0 Å². The third-order valence-electron chi connectivity index (χ3n) is 1.39. The van der Waals surface area contributed by atoms with Crippen molar-refractivity contribution in [3.05, 3.63) is 24.3 Å². The van der Waals surface area contributed by atoms with Crippen LogP contribution in [0.25, 0.3) is 0 Å². The highest BCUT2D eigenvalue weighted by atomic mass is 16.6. The molecule has 1 heteroatoms. The smallest absolute Gasteiger partial charge is 0.109 e. The lowest BCUT2D eigenvalue weighted by Crippen LogP contribution is -1.89. The van der Waals surface area contributed by atoms with Crippen molar-refractivity contribution in [2.75, 3.05) is 0 Å². The van der Waals surface area contributed by atoms with Crippen molar-refractivity contribution < 1.29 is 4.74 Å². The van der Waals surface area contributed by atoms with Crippen molar-refractivity contribution in [2.24, 2.45) is 0 Å². The summed E-state index contributed by atoms with van der Waals surface area (Å²) < 4.78 is 5.23. The molecule has 1 aliphatic rings. The number of hydrogen-bond acceptors (Lipinski definition) is 1. The van der Waals surface area contributed by atoms with E-state index < -0.39 is 0 Å². The van der Waals surface area contributed by atoms with E-state index in [2.05, 4.69) is 12.7 Å². The lowest BCUT2D eigenvalue weighted by atomic mass is 10.2. The van der Waals surface area contributed by atoms with Crippen LogP contribution in [0.2, 0.25) is 0 Å². The highest BCUT2D eigenvalue weighted by Gasteiger charge is 2.36. The van der Waals surface area contributed by atoms with Crippen LogP contribution in [0, 0.1) is 0 Å². The average Bonchev–Trinajstić information content (AvgIpc) is 2.47. The van der Waals surface area contributed by atoms with E-state index in [4.69, 9.17) is 4.74 Å². The first-order valence-corrected chi connectivity index (χ1v) is 3.19. The van der Waals surface area contributed by atoms with E-state index in [1.807, 2.05) is 19.9 Å². The zero-order valence-electron chi connectivity index (χ0n) is 5.92. The van der Waals surface area contributed by atoms with Crippen molar-refractivity contribution in [3.8, 4) is 0 Å². The van der Waals surface area contributed by atoms with Crippen molar-refractivity contribution in [1.29, 1.82) is 0 Å². The Morgan fingerprint density at radius 1 is 1.67 bits per heavy atom. The third kappa shape index (κ3) is 1.42. The highest BCUT2D eigenvalue weighted by molar-refractivity contribution is 5.16. The summed E-state index contributed by atoms with van der Waals surface area (Å²) in [5.41, 5.74) is 1.12.